The summed E-state index contributed by atoms with van der Waals surface area (Å²) < 4.78 is 11.1. The zero-order valence-electron chi connectivity index (χ0n) is 29.0. The van der Waals surface area contributed by atoms with Gasteiger partial charge in [0.05, 0.1) is 33.7 Å². The molecule has 254 valence electrons. The highest BCUT2D eigenvalue weighted by molar-refractivity contribution is 7.25. The third-order valence-electron chi connectivity index (χ3n) is 10.5. The smallest absolute Gasteiger partial charge is 0.160 e. The molecule has 4 aromatic heterocycles. The minimum absolute atomic E-state index is 0.342. The van der Waals surface area contributed by atoms with Gasteiger partial charge in [0.2, 0.25) is 0 Å². The first kappa shape index (κ1) is 31.0. The van der Waals surface area contributed by atoms with Crippen molar-refractivity contribution in [1.29, 1.82) is 10.5 Å². The molecule has 0 aliphatic heterocycles. The van der Waals surface area contributed by atoms with Gasteiger partial charge in [-0.05, 0) is 54.6 Å². The number of para-hydroxylation sites is 2. The Labute approximate surface area is 318 Å². The first-order valence-corrected chi connectivity index (χ1v) is 18.7. The number of hydrogen-bond acceptors (Lipinski definition) is 6. The molecule has 0 bridgehead atoms. The molecule has 0 saturated carbocycles. The van der Waals surface area contributed by atoms with Gasteiger partial charge in [0, 0.05) is 58.4 Å². The van der Waals surface area contributed by atoms with E-state index in [0.717, 1.165) is 60.3 Å². The molecule has 7 aromatic carbocycles. The molecule has 55 heavy (non-hydrogen) atoms. The van der Waals surface area contributed by atoms with Crippen LogP contribution in [0.3, 0.4) is 0 Å². The number of hydrogen-bond donors (Lipinski definition) is 0. The second-order valence-electron chi connectivity index (χ2n) is 13.5. The van der Waals surface area contributed by atoms with Crippen molar-refractivity contribution < 1.29 is 4.42 Å². The molecular weight excluding hydrogens is 695 g/mol. The fourth-order valence-electron chi connectivity index (χ4n) is 8.02. The number of thiophene rings is 1. The van der Waals surface area contributed by atoms with Crippen molar-refractivity contribution in [1.82, 2.24) is 14.5 Å². The average Bonchev–Trinajstić information content (AvgIpc) is 3.92. The Hall–Kier alpha value is -7.58. The molecule has 0 saturated heterocycles. The Morgan fingerprint density at radius 2 is 1.22 bits per heavy atom. The lowest BCUT2D eigenvalue weighted by Crippen LogP contribution is -2.02. The van der Waals surface area contributed by atoms with Gasteiger partial charge in [0.1, 0.15) is 23.3 Å². The van der Waals surface area contributed by atoms with Gasteiger partial charge in [-0.1, -0.05) is 97.1 Å². The van der Waals surface area contributed by atoms with E-state index < -0.39 is 0 Å². The zero-order valence-corrected chi connectivity index (χ0v) is 29.8. The monoisotopic (exact) mass is 719 g/mol. The fraction of sp³-hybridized carbons (Fsp3) is 0. The highest BCUT2D eigenvalue weighted by atomic mass is 32.1. The summed E-state index contributed by atoms with van der Waals surface area (Å²) in [7, 11) is 0. The van der Waals surface area contributed by atoms with Crippen LogP contribution in [-0.2, 0) is 0 Å². The van der Waals surface area contributed by atoms with Crippen LogP contribution >= 0.6 is 11.3 Å². The van der Waals surface area contributed by atoms with E-state index >= 15 is 0 Å². The molecule has 4 heterocycles. The van der Waals surface area contributed by atoms with Crippen LogP contribution in [-0.4, -0.2) is 14.5 Å². The van der Waals surface area contributed by atoms with Gasteiger partial charge in [-0.15, -0.1) is 11.3 Å². The van der Waals surface area contributed by atoms with Crippen LogP contribution in [0.1, 0.15) is 11.1 Å². The highest BCUT2D eigenvalue weighted by Crippen LogP contribution is 2.42. The van der Waals surface area contributed by atoms with Crippen molar-refractivity contribution in [2.45, 2.75) is 0 Å². The standard InChI is InChI=1S/C48H25N5OS/c49-26-31-24-29(18-22-39(31)53-40-15-7-4-12-32(40)35-20-21-36-33-13-5-8-16-41(33)54-47(36)46(35)53)45-38(27-50)44(28-10-2-1-3-11-28)51-48(52-45)30-19-23-43-37(25-30)34-14-6-9-17-42(34)55-43/h1-25H. The van der Waals surface area contributed by atoms with Crippen LogP contribution in [0.5, 0.6) is 0 Å². The van der Waals surface area contributed by atoms with Crippen LogP contribution in [0.4, 0.5) is 0 Å². The number of furan rings is 1. The van der Waals surface area contributed by atoms with Gasteiger partial charge in [0.25, 0.3) is 0 Å². The maximum absolute atomic E-state index is 10.8. The minimum Gasteiger partial charge on any atom is -0.454 e. The summed E-state index contributed by atoms with van der Waals surface area (Å²) in [4.78, 5) is 10.2. The quantitative estimate of drug-likeness (QED) is 0.181. The number of nitrogens with zero attached hydrogens (tertiary/aromatic N) is 5. The van der Waals surface area contributed by atoms with E-state index in [0.29, 0.717) is 39.6 Å². The van der Waals surface area contributed by atoms with Crippen molar-refractivity contribution in [3.63, 3.8) is 0 Å². The summed E-state index contributed by atoms with van der Waals surface area (Å²) in [6, 6.07) is 55.6. The molecule has 0 radical (unpaired) electrons. The molecule has 0 fully saturated rings. The van der Waals surface area contributed by atoms with E-state index in [1.54, 1.807) is 11.3 Å². The topological polar surface area (TPSA) is 91.4 Å². The Kier molecular flexibility index (Phi) is 6.75. The number of benzene rings is 7. The van der Waals surface area contributed by atoms with E-state index in [9.17, 15) is 10.5 Å². The molecule has 0 atom stereocenters. The number of nitriles is 2. The van der Waals surface area contributed by atoms with Crippen molar-refractivity contribution in [3.8, 4) is 51.7 Å². The van der Waals surface area contributed by atoms with Gasteiger partial charge in [0.15, 0.2) is 11.4 Å². The molecule has 6 nitrogen and oxygen atoms in total. The molecule has 7 heteroatoms. The maximum atomic E-state index is 10.8. The van der Waals surface area contributed by atoms with E-state index in [4.69, 9.17) is 14.4 Å². The van der Waals surface area contributed by atoms with Crippen LogP contribution in [0, 0.1) is 22.7 Å². The van der Waals surface area contributed by atoms with Crippen molar-refractivity contribution in [2.24, 2.45) is 0 Å². The summed E-state index contributed by atoms with van der Waals surface area (Å²) in [5.74, 6) is 0.502. The third-order valence-corrected chi connectivity index (χ3v) is 11.7. The average molecular weight is 720 g/mol. The van der Waals surface area contributed by atoms with Crippen LogP contribution in [0.25, 0.3) is 104 Å². The summed E-state index contributed by atoms with van der Waals surface area (Å²) in [6.45, 7) is 0. The number of rotatable bonds is 4. The Morgan fingerprint density at radius 1 is 0.527 bits per heavy atom. The van der Waals surface area contributed by atoms with Crippen LogP contribution in [0.2, 0.25) is 0 Å². The van der Waals surface area contributed by atoms with Crippen molar-refractivity contribution in [2.75, 3.05) is 0 Å². The van der Waals surface area contributed by atoms with Crippen LogP contribution < -0.4 is 0 Å². The summed E-state index contributed by atoms with van der Waals surface area (Å²) in [6.07, 6.45) is 0. The molecule has 0 aliphatic rings. The minimum atomic E-state index is 0.342. The van der Waals surface area contributed by atoms with Crippen LogP contribution in [0.15, 0.2) is 156 Å². The molecule has 0 aliphatic carbocycles. The highest BCUT2D eigenvalue weighted by Gasteiger charge is 2.23. The zero-order chi connectivity index (χ0) is 36.6. The Bertz CT molecular complexity index is 3470. The third kappa shape index (κ3) is 4.65. The van der Waals surface area contributed by atoms with E-state index in [1.165, 1.54) is 14.8 Å². The largest absolute Gasteiger partial charge is 0.454 e. The van der Waals surface area contributed by atoms with Gasteiger partial charge >= 0.3 is 0 Å². The predicted molar refractivity (Wildman–Crippen MR) is 222 cm³/mol. The lowest BCUT2D eigenvalue weighted by Gasteiger charge is -2.14. The predicted octanol–water partition coefficient (Wildman–Crippen LogP) is 12.6. The second kappa shape index (κ2) is 12.0. The molecule has 0 unspecified atom stereocenters. The summed E-state index contributed by atoms with van der Waals surface area (Å²) in [5.41, 5.74) is 8.20. The lowest BCUT2D eigenvalue weighted by atomic mass is 9.98. The Morgan fingerprint density at radius 3 is 2.05 bits per heavy atom. The van der Waals surface area contributed by atoms with Crippen molar-refractivity contribution >= 4 is 75.3 Å². The van der Waals surface area contributed by atoms with Crippen molar-refractivity contribution in [3.05, 3.63) is 163 Å². The van der Waals surface area contributed by atoms with E-state index in [-0.39, 0.29) is 0 Å². The molecule has 11 rings (SSSR count). The second-order valence-corrected chi connectivity index (χ2v) is 14.6. The molecule has 0 spiro atoms. The Balaban J connectivity index is 1.16. The fourth-order valence-corrected chi connectivity index (χ4v) is 9.11. The van der Waals surface area contributed by atoms with Gasteiger partial charge in [-0.25, -0.2) is 9.97 Å². The molecular formula is C48H25N5OS. The molecule has 0 amide bonds. The maximum Gasteiger partial charge on any atom is 0.160 e. The SMILES string of the molecule is N#Cc1cc(-c2nc(-c3ccc4sc5ccccc5c4c3)nc(-c3ccccc3)c2C#N)ccc1-n1c2ccccc2c2ccc3c4ccccc4oc3c21. The number of fused-ring (bicyclic) bond motifs is 10. The van der Waals surface area contributed by atoms with E-state index in [2.05, 4.69) is 83.4 Å². The summed E-state index contributed by atoms with van der Waals surface area (Å²) >= 11 is 1.76. The molecule has 11 aromatic rings. The normalized spacial score (nSPS) is 11.6. The number of aromatic nitrogens is 3. The van der Waals surface area contributed by atoms with Gasteiger partial charge in [-0.2, -0.15) is 10.5 Å². The first-order chi connectivity index (χ1) is 27.2. The van der Waals surface area contributed by atoms with Gasteiger partial charge < -0.3 is 8.98 Å². The van der Waals surface area contributed by atoms with E-state index in [1.807, 2.05) is 84.9 Å². The summed E-state index contributed by atoms with van der Waals surface area (Å²) in [5, 5.41) is 28.0. The molecule has 0 N–H and O–H groups in total. The van der Waals surface area contributed by atoms with Gasteiger partial charge in [-0.3, -0.25) is 0 Å². The first-order valence-electron chi connectivity index (χ1n) is 17.9. The lowest BCUT2D eigenvalue weighted by molar-refractivity contribution is 0.671.